The number of carbonyl (C=O) groups excluding carboxylic acids is 1. The number of anilines is 2. The van der Waals surface area contributed by atoms with E-state index in [1.807, 2.05) is 6.07 Å². The molecule has 0 amide bonds. The van der Waals surface area contributed by atoms with Crippen molar-refractivity contribution in [2.75, 3.05) is 36.0 Å². The number of Topliss-reactive ketones (excluding diaryl/α,β-unsaturated/α-hetero) is 1. The number of hydrogen-bond donors (Lipinski definition) is 0. The zero-order valence-electron chi connectivity index (χ0n) is 14.0. The maximum absolute atomic E-state index is 12.1. The van der Waals surface area contributed by atoms with Crippen LogP contribution in [0.25, 0.3) is 0 Å². The van der Waals surface area contributed by atoms with Gasteiger partial charge in [0.15, 0.2) is 5.78 Å². The van der Waals surface area contributed by atoms with Gasteiger partial charge in [-0.25, -0.2) is 9.97 Å². The molecular weight excluding hydrogens is 300 g/mol. The maximum Gasteiger partial charge on any atom is 0.225 e. The lowest BCUT2D eigenvalue weighted by molar-refractivity contribution is 0.0951. The minimum atomic E-state index is 0.184. The molecule has 0 radical (unpaired) electrons. The normalized spacial score (nSPS) is 20.9. The first kappa shape index (κ1) is 15.1. The van der Waals surface area contributed by atoms with E-state index in [-0.39, 0.29) is 5.78 Å². The highest BCUT2D eigenvalue weighted by Crippen LogP contribution is 2.25. The summed E-state index contributed by atoms with van der Waals surface area (Å²) in [7, 11) is 0. The molecule has 2 heterocycles. The van der Waals surface area contributed by atoms with Crippen LogP contribution in [0.1, 0.15) is 29.4 Å². The Morgan fingerprint density at radius 1 is 1.00 bits per heavy atom. The van der Waals surface area contributed by atoms with Crippen LogP contribution in [-0.4, -0.2) is 41.9 Å². The van der Waals surface area contributed by atoms with E-state index in [0.29, 0.717) is 12.3 Å². The van der Waals surface area contributed by atoms with Crippen molar-refractivity contribution in [2.45, 2.75) is 19.8 Å². The SMILES string of the molecule is CC1CC(=O)c2cnc(N3CCN(c4ccccc4)CC3)nc2C1. The molecule has 1 aliphatic heterocycles. The highest BCUT2D eigenvalue weighted by atomic mass is 16.1. The van der Waals surface area contributed by atoms with Gasteiger partial charge >= 0.3 is 0 Å². The van der Waals surface area contributed by atoms with E-state index in [2.05, 4.69) is 46.0 Å². The largest absolute Gasteiger partial charge is 0.368 e. The summed E-state index contributed by atoms with van der Waals surface area (Å²) in [5, 5.41) is 0. The van der Waals surface area contributed by atoms with E-state index < -0.39 is 0 Å². The van der Waals surface area contributed by atoms with Gasteiger partial charge in [0.05, 0.1) is 11.3 Å². The molecule has 1 saturated heterocycles. The van der Waals surface area contributed by atoms with Crippen molar-refractivity contribution in [3.8, 4) is 0 Å². The lowest BCUT2D eigenvalue weighted by atomic mass is 9.88. The van der Waals surface area contributed by atoms with E-state index in [1.165, 1.54) is 5.69 Å². The third-order valence-corrected chi connectivity index (χ3v) is 4.91. The van der Waals surface area contributed by atoms with Crippen LogP contribution in [0.5, 0.6) is 0 Å². The van der Waals surface area contributed by atoms with Crippen molar-refractivity contribution in [3.63, 3.8) is 0 Å². The molecule has 124 valence electrons. The molecule has 1 unspecified atom stereocenters. The Morgan fingerprint density at radius 2 is 1.71 bits per heavy atom. The number of fused-ring (bicyclic) bond motifs is 1. The number of benzene rings is 1. The highest BCUT2D eigenvalue weighted by molar-refractivity contribution is 5.98. The maximum atomic E-state index is 12.1. The summed E-state index contributed by atoms with van der Waals surface area (Å²) in [5.41, 5.74) is 2.91. The van der Waals surface area contributed by atoms with Gasteiger partial charge in [0.25, 0.3) is 0 Å². The highest BCUT2D eigenvalue weighted by Gasteiger charge is 2.26. The van der Waals surface area contributed by atoms with E-state index in [4.69, 9.17) is 4.98 Å². The number of hydrogen-bond acceptors (Lipinski definition) is 5. The summed E-state index contributed by atoms with van der Waals surface area (Å²) in [6, 6.07) is 10.5. The van der Waals surface area contributed by atoms with E-state index >= 15 is 0 Å². The van der Waals surface area contributed by atoms with Crippen LogP contribution in [0.2, 0.25) is 0 Å². The minimum Gasteiger partial charge on any atom is -0.368 e. The summed E-state index contributed by atoms with van der Waals surface area (Å²) >= 11 is 0. The fraction of sp³-hybridized carbons (Fsp3) is 0.421. The Kier molecular flexibility index (Phi) is 3.92. The van der Waals surface area contributed by atoms with Crippen LogP contribution in [0.15, 0.2) is 36.5 Å². The van der Waals surface area contributed by atoms with Crippen molar-refractivity contribution in [1.82, 2.24) is 9.97 Å². The first-order valence-corrected chi connectivity index (χ1v) is 8.65. The van der Waals surface area contributed by atoms with Crippen molar-refractivity contribution in [3.05, 3.63) is 47.8 Å². The van der Waals surface area contributed by atoms with Crippen LogP contribution >= 0.6 is 0 Å². The predicted molar refractivity (Wildman–Crippen MR) is 94.7 cm³/mol. The topological polar surface area (TPSA) is 49.3 Å². The quantitative estimate of drug-likeness (QED) is 0.850. The molecule has 0 spiro atoms. The Hall–Kier alpha value is -2.43. The molecule has 4 rings (SSSR count). The van der Waals surface area contributed by atoms with Gasteiger partial charge in [-0.1, -0.05) is 25.1 Å². The number of piperazine rings is 1. The lowest BCUT2D eigenvalue weighted by Crippen LogP contribution is -2.47. The minimum absolute atomic E-state index is 0.184. The Labute approximate surface area is 142 Å². The second kappa shape index (κ2) is 6.23. The molecule has 0 saturated carbocycles. The van der Waals surface area contributed by atoms with Crippen molar-refractivity contribution < 1.29 is 4.79 Å². The number of rotatable bonds is 2. The van der Waals surface area contributed by atoms with Crippen LogP contribution in [0.3, 0.4) is 0 Å². The van der Waals surface area contributed by atoms with Crippen molar-refractivity contribution in [1.29, 1.82) is 0 Å². The third-order valence-electron chi connectivity index (χ3n) is 4.91. The smallest absolute Gasteiger partial charge is 0.225 e. The van der Waals surface area contributed by atoms with Gasteiger partial charge in [0, 0.05) is 44.5 Å². The average Bonchev–Trinajstić information content (AvgIpc) is 2.62. The first-order chi connectivity index (χ1) is 11.7. The Morgan fingerprint density at radius 3 is 2.46 bits per heavy atom. The van der Waals surface area contributed by atoms with E-state index in [0.717, 1.165) is 49.8 Å². The molecule has 0 N–H and O–H groups in total. The van der Waals surface area contributed by atoms with Gasteiger partial charge in [0.2, 0.25) is 5.95 Å². The van der Waals surface area contributed by atoms with Gasteiger partial charge in [-0.2, -0.15) is 0 Å². The number of ketones is 1. The standard InChI is InChI=1S/C19H22N4O/c1-14-11-17-16(18(24)12-14)13-20-19(21-17)23-9-7-22(8-10-23)15-5-3-2-4-6-15/h2-6,13-14H,7-12H2,1H3. The molecule has 1 aromatic carbocycles. The molecule has 1 aromatic heterocycles. The summed E-state index contributed by atoms with van der Waals surface area (Å²) in [5.74, 6) is 1.33. The van der Waals surface area contributed by atoms with Gasteiger partial charge in [-0.3, -0.25) is 4.79 Å². The molecule has 1 aliphatic carbocycles. The monoisotopic (exact) mass is 322 g/mol. The molecule has 1 fully saturated rings. The second-order valence-corrected chi connectivity index (χ2v) is 6.78. The molecule has 24 heavy (non-hydrogen) atoms. The van der Waals surface area contributed by atoms with E-state index in [9.17, 15) is 4.79 Å². The summed E-state index contributed by atoms with van der Waals surface area (Å²) in [6.07, 6.45) is 3.22. The van der Waals surface area contributed by atoms with Crippen LogP contribution < -0.4 is 9.80 Å². The summed E-state index contributed by atoms with van der Waals surface area (Å²) in [6.45, 7) is 5.83. The summed E-state index contributed by atoms with van der Waals surface area (Å²) in [4.78, 5) is 25.9. The number of nitrogens with zero attached hydrogens (tertiary/aromatic N) is 4. The van der Waals surface area contributed by atoms with Crippen LogP contribution in [0.4, 0.5) is 11.6 Å². The Bertz CT molecular complexity index is 738. The molecule has 2 aliphatic rings. The zero-order chi connectivity index (χ0) is 16.5. The van der Waals surface area contributed by atoms with Gasteiger partial charge in [0.1, 0.15) is 0 Å². The first-order valence-electron chi connectivity index (χ1n) is 8.65. The zero-order valence-corrected chi connectivity index (χ0v) is 14.0. The molecule has 1 atom stereocenters. The lowest BCUT2D eigenvalue weighted by Gasteiger charge is -2.36. The van der Waals surface area contributed by atoms with Crippen LogP contribution in [0, 0.1) is 5.92 Å². The van der Waals surface area contributed by atoms with Crippen molar-refractivity contribution >= 4 is 17.4 Å². The van der Waals surface area contributed by atoms with Gasteiger partial charge in [-0.15, -0.1) is 0 Å². The van der Waals surface area contributed by atoms with Gasteiger partial charge in [-0.05, 0) is 24.5 Å². The number of aromatic nitrogens is 2. The molecular formula is C19H22N4O. The second-order valence-electron chi connectivity index (χ2n) is 6.78. The third kappa shape index (κ3) is 2.86. The fourth-order valence-corrected chi connectivity index (χ4v) is 3.58. The molecule has 5 heteroatoms. The molecule has 5 nitrogen and oxygen atoms in total. The van der Waals surface area contributed by atoms with Gasteiger partial charge < -0.3 is 9.80 Å². The van der Waals surface area contributed by atoms with Crippen molar-refractivity contribution in [2.24, 2.45) is 5.92 Å². The number of carbonyl (C=O) groups is 1. The van der Waals surface area contributed by atoms with E-state index in [1.54, 1.807) is 6.20 Å². The summed E-state index contributed by atoms with van der Waals surface area (Å²) < 4.78 is 0. The molecule has 0 bridgehead atoms. The molecule has 2 aromatic rings. The fourth-order valence-electron chi connectivity index (χ4n) is 3.58. The van der Waals surface area contributed by atoms with Crippen LogP contribution in [-0.2, 0) is 6.42 Å². The average molecular weight is 322 g/mol. The predicted octanol–water partition coefficient (Wildman–Crippen LogP) is 2.57. The number of para-hydroxylation sites is 1. The Balaban J connectivity index is 1.48.